The monoisotopic (exact) mass is 300 g/mol. The van der Waals surface area contributed by atoms with Crippen LogP contribution in [0.15, 0.2) is 30.3 Å². The molecule has 1 amide bonds. The molecule has 0 aliphatic carbocycles. The molecule has 0 aliphatic rings. The van der Waals surface area contributed by atoms with Crippen molar-refractivity contribution >= 4 is 28.9 Å². The SMILES string of the molecule is Nc1cc(F)cc(F)c1NC(=O)c1cc(Cl)ccc1F. The van der Waals surface area contributed by atoms with Crippen LogP contribution in [0.4, 0.5) is 24.5 Å². The molecule has 104 valence electrons. The summed E-state index contributed by atoms with van der Waals surface area (Å²) in [6.07, 6.45) is 0. The third kappa shape index (κ3) is 2.85. The molecule has 0 saturated carbocycles. The average Bonchev–Trinajstić information content (AvgIpc) is 2.36. The Balaban J connectivity index is 2.35. The maximum atomic E-state index is 13.5. The number of benzene rings is 2. The molecule has 0 unspecified atom stereocenters. The second kappa shape index (κ2) is 5.42. The van der Waals surface area contributed by atoms with Crippen LogP contribution in [0, 0.1) is 17.5 Å². The molecule has 0 fully saturated rings. The van der Waals surface area contributed by atoms with Gasteiger partial charge in [0.15, 0.2) is 5.82 Å². The van der Waals surface area contributed by atoms with Crippen LogP contribution in [-0.4, -0.2) is 5.91 Å². The van der Waals surface area contributed by atoms with E-state index in [2.05, 4.69) is 5.32 Å². The highest BCUT2D eigenvalue weighted by molar-refractivity contribution is 6.31. The minimum atomic E-state index is -1.06. The van der Waals surface area contributed by atoms with Gasteiger partial charge < -0.3 is 11.1 Å². The number of amides is 1. The van der Waals surface area contributed by atoms with Crippen LogP contribution in [-0.2, 0) is 0 Å². The van der Waals surface area contributed by atoms with Crippen molar-refractivity contribution in [3.05, 3.63) is 58.4 Å². The van der Waals surface area contributed by atoms with Gasteiger partial charge in [0.25, 0.3) is 5.91 Å². The Morgan fingerprint density at radius 3 is 2.45 bits per heavy atom. The molecule has 2 rings (SSSR count). The Bertz CT molecular complexity index is 668. The Labute approximate surface area is 117 Å². The van der Waals surface area contributed by atoms with Gasteiger partial charge in [-0.05, 0) is 24.3 Å². The van der Waals surface area contributed by atoms with E-state index in [-0.39, 0.29) is 16.3 Å². The van der Waals surface area contributed by atoms with E-state index in [1.165, 1.54) is 6.07 Å². The van der Waals surface area contributed by atoms with Gasteiger partial charge in [0.2, 0.25) is 0 Å². The highest BCUT2D eigenvalue weighted by Gasteiger charge is 2.16. The first-order valence-electron chi connectivity index (χ1n) is 5.39. The number of hydrogen-bond donors (Lipinski definition) is 2. The number of hydrogen-bond acceptors (Lipinski definition) is 2. The van der Waals surface area contributed by atoms with Gasteiger partial charge in [0.1, 0.15) is 17.3 Å². The van der Waals surface area contributed by atoms with E-state index in [0.717, 1.165) is 18.2 Å². The van der Waals surface area contributed by atoms with Crippen molar-refractivity contribution in [3.8, 4) is 0 Å². The molecule has 0 heterocycles. The van der Waals surface area contributed by atoms with Crippen LogP contribution < -0.4 is 11.1 Å². The first-order chi connectivity index (χ1) is 9.38. The zero-order valence-corrected chi connectivity index (χ0v) is 10.6. The summed E-state index contributed by atoms with van der Waals surface area (Å²) in [7, 11) is 0. The topological polar surface area (TPSA) is 55.1 Å². The maximum absolute atomic E-state index is 13.5. The zero-order valence-electron chi connectivity index (χ0n) is 9.88. The fourth-order valence-corrected chi connectivity index (χ4v) is 1.75. The third-order valence-electron chi connectivity index (χ3n) is 2.50. The normalized spacial score (nSPS) is 10.4. The molecule has 20 heavy (non-hydrogen) atoms. The summed E-state index contributed by atoms with van der Waals surface area (Å²) in [5.41, 5.74) is 4.30. The quantitative estimate of drug-likeness (QED) is 0.833. The fourth-order valence-electron chi connectivity index (χ4n) is 1.58. The highest BCUT2D eigenvalue weighted by Crippen LogP contribution is 2.25. The molecule has 0 aliphatic heterocycles. The number of halogens is 4. The number of anilines is 2. The van der Waals surface area contributed by atoms with E-state index >= 15 is 0 Å². The molecular formula is C13H8ClF3N2O. The van der Waals surface area contributed by atoms with E-state index in [0.29, 0.717) is 6.07 Å². The number of nitrogens with two attached hydrogens (primary N) is 1. The zero-order chi connectivity index (χ0) is 14.9. The van der Waals surface area contributed by atoms with Gasteiger partial charge >= 0.3 is 0 Å². The fraction of sp³-hybridized carbons (Fsp3) is 0. The minimum Gasteiger partial charge on any atom is -0.397 e. The van der Waals surface area contributed by atoms with Gasteiger partial charge in [0, 0.05) is 11.1 Å². The van der Waals surface area contributed by atoms with Gasteiger partial charge in [-0.3, -0.25) is 4.79 Å². The predicted octanol–water partition coefficient (Wildman–Crippen LogP) is 3.59. The summed E-state index contributed by atoms with van der Waals surface area (Å²) in [5.74, 6) is -3.71. The lowest BCUT2D eigenvalue weighted by atomic mass is 10.2. The summed E-state index contributed by atoms with van der Waals surface area (Å²) in [4.78, 5) is 11.9. The predicted molar refractivity (Wildman–Crippen MR) is 70.1 cm³/mol. The summed E-state index contributed by atoms with van der Waals surface area (Å²) >= 11 is 5.65. The van der Waals surface area contributed by atoms with Crippen molar-refractivity contribution in [2.24, 2.45) is 0 Å². The van der Waals surface area contributed by atoms with E-state index < -0.39 is 29.0 Å². The number of nitrogen functional groups attached to an aromatic ring is 1. The summed E-state index contributed by atoms with van der Waals surface area (Å²) in [6.45, 7) is 0. The molecule has 3 nitrogen and oxygen atoms in total. The van der Waals surface area contributed by atoms with Crippen molar-refractivity contribution < 1.29 is 18.0 Å². The smallest absolute Gasteiger partial charge is 0.258 e. The lowest BCUT2D eigenvalue weighted by Gasteiger charge is -2.10. The van der Waals surface area contributed by atoms with Crippen molar-refractivity contribution in [1.82, 2.24) is 0 Å². The standard InChI is InChI=1S/C13H8ClF3N2O/c14-6-1-2-9(16)8(3-6)13(20)19-12-10(17)4-7(15)5-11(12)18/h1-5H,18H2,(H,19,20). The van der Waals surface area contributed by atoms with Gasteiger partial charge in [-0.1, -0.05) is 11.6 Å². The first-order valence-corrected chi connectivity index (χ1v) is 5.77. The first kappa shape index (κ1) is 14.2. The minimum absolute atomic E-state index is 0.143. The molecule has 0 aromatic heterocycles. The average molecular weight is 301 g/mol. The molecule has 2 aromatic rings. The summed E-state index contributed by atoms with van der Waals surface area (Å²) < 4.78 is 39.9. The van der Waals surface area contributed by atoms with E-state index in [4.69, 9.17) is 17.3 Å². The Morgan fingerprint density at radius 1 is 1.10 bits per heavy atom. The molecule has 0 saturated heterocycles. The van der Waals surface area contributed by atoms with Crippen LogP contribution in [0.5, 0.6) is 0 Å². The Kier molecular flexibility index (Phi) is 3.85. The van der Waals surface area contributed by atoms with Crippen molar-refractivity contribution in [3.63, 3.8) is 0 Å². The second-order valence-corrected chi connectivity index (χ2v) is 4.37. The lowest BCUT2D eigenvalue weighted by molar-refractivity contribution is 0.102. The van der Waals surface area contributed by atoms with Crippen LogP contribution in [0.2, 0.25) is 5.02 Å². The number of carbonyl (C=O) groups excluding carboxylic acids is 1. The molecule has 3 N–H and O–H groups in total. The van der Waals surface area contributed by atoms with Crippen LogP contribution >= 0.6 is 11.6 Å². The molecule has 0 spiro atoms. The molecule has 0 atom stereocenters. The molecule has 0 bridgehead atoms. The van der Waals surface area contributed by atoms with Crippen LogP contribution in [0.1, 0.15) is 10.4 Å². The van der Waals surface area contributed by atoms with Gasteiger partial charge in [0.05, 0.1) is 11.3 Å². The van der Waals surface area contributed by atoms with Crippen molar-refractivity contribution in [2.75, 3.05) is 11.1 Å². The second-order valence-electron chi connectivity index (χ2n) is 3.93. The van der Waals surface area contributed by atoms with Crippen LogP contribution in [0.3, 0.4) is 0 Å². The van der Waals surface area contributed by atoms with E-state index in [9.17, 15) is 18.0 Å². The number of carbonyl (C=O) groups is 1. The molecule has 0 radical (unpaired) electrons. The maximum Gasteiger partial charge on any atom is 0.258 e. The van der Waals surface area contributed by atoms with Gasteiger partial charge in [-0.15, -0.1) is 0 Å². The summed E-state index contributed by atoms with van der Waals surface area (Å²) in [6, 6.07) is 4.75. The third-order valence-corrected chi connectivity index (χ3v) is 2.73. The van der Waals surface area contributed by atoms with Gasteiger partial charge in [-0.25, -0.2) is 13.2 Å². The van der Waals surface area contributed by atoms with E-state index in [1.807, 2.05) is 0 Å². The molecule has 7 heteroatoms. The largest absolute Gasteiger partial charge is 0.397 e. The number of nitrogens with one attached hydrogen (secondary N) is 1. The van der Waals surface area contributed by atoms with Crippen molar-refractivity contribution in [2.45, 2.75) is 0 Å². The lowest BCUT2D eigenvalue weighted by Crippen LogP contribution is -2.16. The van der Waals surface area contributed by atoms with Crippen LogP contribution in [0.25, 0.3) is 0 Å². The van der Waals surface area contributed by atoms with E-state index in [1.54, 1.807) is 0 Å². The van der Waals surface area contributed by atoms with Crippen molar-refractivity contribution in [1.29, 1.82) is 0 Å². The Hall–Kier alpha value is -2.21. The Morgan fingerprint density at radius 2 is 1.80 bits per heavy atom. The molecular weight excluding hydrogens is 293 g/mol. The molecule has 2 aromatic carbocycles. The summed E-state index contributed by atoms with van der Waals surface area (Å²) in [5, 5.41) is 2.23. The van der Waals surface area contributed by atoms with Gasteiger partial charge in [-0.2, -0.15) is 0 Å². The number of rotatable bonds is 2. The highest BCUT2D eigenvalue weighted by atomic mass is 35.5.